The molecule has 3 N–H and O–H groups in total. The molecule has 0 heterocycles. The fourth-order valence-electron chi connectivity index (χ4n) is 1.11. The maximum Gasteiger partial charge on any atom is 0.241 e. The Kier molecular flexibility index (Phi) is 4.77. The van der Waals surface area contributed by atoms with Crippen LogP contribution >= 0.6 is 27.5 Å². The molecule has 0 aromatic heterocycles. The molecule has 0 saturated heterocycles. The summed E-state index contributed by atoms with van der Waals surface area (Å²) >= 11 is 9.26. The van der Waals surface area contributed by atoms with Gasteiger partial charge in [-0.2, -0.15) is 0 Å². The summed E-state index contributed by atoms with van der Waals surface area (Å²) < 4.78 is 0.852. The third kappa shape index (κ3) is 3.47. The minimum absolute atomic E-state index is 0.0888. The van der Waals surface area contributed by atoms with Crippen molar-refractivity contribution < 1.29 is 4.79 Å². The van der Waals surface area contributed by atoms with Crippen LogP contribution in [0.4, 0.5) is 5.69 Å². The predicted octanol–water partition coefficient (Wildman–Crippen LogP) is 3.02. The van der Waals surface area contributed by atoms with Crippen LogP contribution in [0.5, 0.6) is 0 Å². The molecule has 0 aliphatic heterocycles. The molecule has 0 fully saturated rings. The van der Waals surface area contributed by atoms with Crippen molar-refractivity contribution in [3.63, 3.8) is 0 Å². The summed E-state index contributed by atoms with van der Waals surface area (Å²) in [5, 5.41) is 3.20. The number of benzene rings is 1. The van der Waals surface area contributed by atoms with Crippen molar-refractivity contribution >= 4 is 39.1 Å². The number of nitrogens with one attached hydrogen (secondary N) is 1. The summed E-state index contributed by atoms with van der Waals surface area (Å²) in [7, 11) is 0. The number of hydrogen-bond donors (Lipinski definition) is 2. The second-order valence-electron chi connectivity index (χ2n) is 3.88. The van der Waals surface area contributed by atoms with Gasteiger partial charge in [-0.15, -0.1) is 0 Å². The van der Waals surface area contributed by atoms with Crippen molar-refractivity contribution in [2.45, 2.75) is 19.9 Å². The summed E-state index contributed by atoms with van der Waals surface area (Å²) in [5.41, 5.74) is 6.30. The number of amides is 1. The number of halogens is 2. The summed E-state index contributed by atoms with van der Waals surface area (Å²) in [6.07, 6.45) is 0. The van der Waals surface area contributed by atoms with Gasteiger partial charge < -0.3 is 11.1 Å². The Morgan fingerprint density at radius 1 is 1.50 bits per heavy atom. The van der Waals surface area contributed by atoms with Crippen LogP contribution in [0.3, 0.4) is 0 Å². The summed E-state index contributed by atoms with van der Waals surface area (Å²) in [6, 6.07) is 4.73. The quantitative estimate of drug-likeness (QED) is 0.902. The van der Waals surface area contributed by atoms with E-state index in [1.165, 1.54) is 0 Å². The molecular weight excluding hydrogens is 291 g/mol. The SMILES string of the molecule is CC(C)C(N)C(=O)Nc1cc(Br)ccc1Cl. The van der Waals surface area contributed by atoms with Crippen LogP contribution in [0.2, 0.25) is 5.02 Å². The lowest BCUT2D eigenvalue weighted by Gasteiger charge is -2.16. The maximum atomic E-state index is 11.7. The number of hydrogen-bond acceptors (Lipinski definition) is 2. The highest BCUT2D eigenvalue weighted by molar-refractivity contribution is 9.10. The standard InChI is InChI=1S/C11H14BrClN2O/c1-6(2)10(14)11(16)15-9-5-7(12)3-4-8(9)13/h3-6,10H,14H2,1-2H3,(H,15,16). The lowest BCUT2D eigenvalue weighted by Crippen LogP contribution is -2.39. The van der Waals surface area contributed by atoms with Gasteiger partial charge in [0, 0.05) is 4.47 Å². The lowest BCUT2D eigenvalue weighted by molar-refractivity contribution is -0.118. The summed E-state index contributed by atoms with van der Waals surface area (Å²) in [6.45, 7) is 3.79. The van der Waals surface area contributed by atoms with Crippen molar-refractivity contribution in [3.05, 3.63) is 27.7 Å². The second kappa shape index (κ2) is 5.66. The first-order chi connectivity index (χ1) is 7.41. The molecule has 0 spiro atoms. The molecule has 3 nitrogen and oxygen atoms in total. The van der Waals surface area contributed by atoms with Gasteiger partial charge in [0.2, 0.25) is 5.91 Å². The van der Waals surface area contributed by atoms with E-state index in [9.17, 15) is 4.79 Å². The summed E-state index contributed by atoms with van der Waals surface area (Å²) in [4.78, 5) is 11.7. The van der Waals surface area contributed by atoms with Crippen LogP contribution in [0.1, 0.15) is 13.8 Å². The van der Waals surface area contributed by atoms with E-state index in [1.54, 1.807) is 18.2 Å². The Bertz CT molecular complexity index is 396. The van der Waals surface area contributed by atoms with Gasteiger partial charge in [0.15, 0.2) is 0 Å². The zero-order chi connectivity index (χ0) is 12.3. The third-order valence-electron chi connectivity index (χ3n) is 2.21. The molecule has 88 valence electrons. The fourth-order valence-corrected chi connectivity index (χ4v) is 1.64. The number of anilines is 1. The Balaban J connectivity index is 2.80. The zero-order valence-corrected chi connectivity index (χ0v) is 11.5. The molecule has 1 unspecified atom stereocenters. The number of rotatable bonds is 3. The molecule has 0 aliphatic carbocycles. The van der Waals surface area contributed by atoms with Crippen molar-refractivity contribution in [3.8, 4) is 0 Å². The van der Waals surface area contributed by atoms with Crippen LogP contribution in [0.15, 0.2) is 22.7 Å². The fraction of sp³-hybridized carbons (Fsp3) is 0.364. The molecule has 0 radical (unpaired) electrons. The van der Waals surface area contributed by atoms with Crippen LogP contribution < -0.4 is 11.1 Å². The molecule has 16 heavy (non-hydrogen) atoms. The lowest BCUT2D eigenvalue weighted by atomic mass is 10.1. The van der Waals surface area contributed by atoms with Crippen molar-refractivity contribution in [2.75, 3.05) is 5.32 Å². The van der Waals surface area contributed by atoms with E-state index in [0.29, 0.717) is 10.7 Å². The van der Waals surface area contributed by atoms with E-state index in [-0.39, 0.29) is 11.8 Å². The molecule has 0 saturated carbocycles. The second-order valence-corrected chi connectivity index (χ2v) is 5.21. The van der Waals surface area contributed by atoms with Gasteiger partial charge >= 0.3 is 0 Å². The molecular formula is C11H14BrClN2O. The Labute approximate surface area is 108 Å². The highest BCUT2D eigenvalue weighted by Crippen LogP contribution is 2.25. The molecule has 0 aliphatic rings. The van der Waals surface area contributed by atoms with Gasteiger partial charge in [0.05, 0.1) is 16.8 Å². The molecule has 1 aromatic rings. The highest BCUT2D eigenvalue weighted by Gasteiger charge is 2.18. The average molecular weight is 306 g/mol. The maximum absolute atomic E-state index is 11.7. The number of carbonyl (C=O) groups excluding carboxylic acids is 1. The van der Waals surface area contributed by atoms with Gasteiger partial charge in [-0.3, -0.25) is 4.79 Å². The van der Waals surface area contributed by atoms with E-state index in [4.69, 9.17) is 17.3 Å². The van der Waals surface area contributed by atoms with Crippen LogP contribution in [0, 0.1) is 5.92 Å². The predicted molar refractivity (Wildman–Crippen MR) is 70.6 cm³/mol. The molecule has 1 atom stereocenters. The molecule has 1 aromatic carbocycles. The van der Waals surface area contributed by atoms with E-state index in [0.717, 1.165) is 4.47 Å². The first-order valence-electron chi connectivity index (χ1n) is 4.93. The van der Waals surface area contributed by atoms with E-state index >= 15 is 0 Å². The normalized spacial score (nSPS) is 12.6. The molecule has 5 heteroatoms. The highest BCUT2D eigenvalue weighted by atomic mass is 79.9. The zero-order valence-electron chi connectivity index (χ0n) is 9.13. The van der Waals surface area contributed by atoms with Gasteiger partial charge in [0.1, 0.15) is 0 Å². The molecule has 1 amide bonds. The minimum atomic E-state index is -0.532. The average Bonchev–Trinajstić information content (AvgIpc) is 2.22. The van der Waals surface area contributed by atoms with Gasteiger partial charge in [-0.25, -0.2) is 0 Å². The number of nitrogens with two attached hydrogens (primary N) is 1. The first kappa shape index (κ1) is 13.5. The number of carbonyl (C=O) groups is 1. The van der Waals surface area contributed by atoms with Gasteiger partial charge in [-0.1, -0.05) is 41.4 Å². The Hall–Kier alpha value is -0.580. The largest absolute Gasteiger partial charge is 0.323 e. The molecule has 1 rings (SSSR count). The molecule has 0 bridgehead atoms. The van der Waals surface area contributed by atoms with Crippen molar-refractivity contribution in [1.29, 1.82) is 0 Å². The Morgan fingerprint density at radius 2 is 2.12 bits per heavy atom. The van der Waals surface area contributed by atoms with E-state index in [2.05, 4.69) is 21.2 Å². The van der Waals surface area contributed by atoms with Gasteiger partial charge in [0.25, 0.3) is 0 Å². The Morgan fingerprint density at radius 3 is 2.69 bits per heavy atom. The van der Waals surface area contributed by atoms with Crippen LogP contribution in [-0.4, -0.2) is 11.9 Å². The van der Waals surface area contributed by atoms with Crippen molar-refractivity contribution in [1.82, 2.24) is 0 Å². The monoisotopic (exact) mass is 304 g/mol. The van der Waals surface area contributed by atoms with Crippen molar-refractivity contribution in [2.24, 2.45) is 11.7 Å². The topological polar surface area (TPSA) is 55.1 Å². The van der Waals surface area contributed by atoms with E-state index in [1.807, 2.05) is 13.8 Å². The summed E-state index contributed by atoms with van der Waals surface area (Å²) in [5.74, 6) is -0.138. The van der Waals surface area contributed by atoms with Gasteiger partial charge in [-0.05, 0) is 24.1 Å². The third-order valence-corrected chi connectivity index (χ3v) is 3.03. The first-order valence-corrected chi connectivity index (χ1v) is 6.10. The van der Waals surface area contributed by atoms with E-state index < -0.39 is 6.04 Å². The van der Waals surface area contributed by atoms with Crippen LogP contribution in [0.25, 0.3) is 0 Å². The smallest absolute Gasteiger partial charge is 0.241 e. The minimum Gasteiger partial charge on any atom is -0.323 e. The van der Waals surface area contributed by atoms with Crippen LogP contribution in [-0.2, 0) is 4.79 Å².